The number of amides is 1. The van der Waals surface area contributed by atoms with Gasteiger partial charge >= 0.3 is 0 Å². The Balaban J connectivity index is 2.79. The van der Waals surface area contributed by atoms with Crippen LogP contribution in [0.5, 0.6) is 0 Å². The maximum Gasteiger partial charge on any atom is 0.255 e. The Hall–Kier alpha value is -1.11. The van der Waals surface area contributed by atoms with Crippen LogP contribution < -0.4 is 5.73 Å². The topological polar surface area (TPSA) is 64.8 Å². The first kappa shape index (κ1) is 17.9. The number of carbonyl (C=O) groups is 1. The van der Waals surface area contributed by atoms with E-state index in [1.807, 2.05) is 13.8 Å². The van der Waals surface area contributed by atoms with Crippen molar-refractivity contribution in [3.63, 3.8) is 0 Å². The Morgan fingerprint density at radius 1 is 1.19 bits per heavy atom. The molecule has 1 rings (SSSR count). The van der Waals surface area contributed by atoms with Gasteiger partial charge in [0.2, 0.25) is 0 Å². The Kier molecular flexibility index (Phi) is 8.34. The molecular weight excluding hydrogens is 336 g/mol. The van der Waals surface area contributed by atoms with E-state index in [1.165, 1.54) is 0 Å². The minimum Gasteiger partial charge on any atom is -0.399 e. The Labute approximate surface area is 134 Å². The smallest absolute Gasteiger partial charge is 0.255 e. The lowest BCUT2D eigenvalue weighted by atomic mass is 10.1. The number of carbonyl (C=O) groups excluding carboxylic acids is 1. The number of benzene rings is 1. The second kappa shape index (κ2) is 9.76. The fourth-order valence-corrected chi connectivity index (χ4v) is 2.25. The monoisotopic (exact) mass is 358 g/mol. The van der Waals surface area contributed by atoms with Crippen LogP contribution in [0.4, 0.5) is 5.69 Å². The van der Waals surface area contributed by atoms with Crippen LogP contribution in [0.25, 0.3) is 0 Å². The molecule has 0 heterocycles. The zero-order chi connectivity index (χ0) is 15.7. The van der Waals surface area contributed by atoms with Gasteiger partial charge in [-0.25, -0.2) is 0 Å². The highest BCUT2D eigenvalue weighted by atomic mass is 79.9. The maximum absolute atomic E-state index is 12.6. The van der Waals surface area contributed by atoms with Crippen LogP contribution in [-0.2, 0) is 9.47 Å². The summed E-state index contributed by atoms with van der Waals surface area (Å²) in [5.41, 5.74) is 6.89. The first-order valence-electron chi connectivity index (χ1n) is 7.09. The fraction of sp³-hybridized carbons (Fsp3) is 0.533. The zero-order valence-electron chi connectivity index (χ0n) is 12.6. The molecular formula is C15H23BrN2O3. The summed E-state index contributed by atoms with van der Waals surface area (Å²) >= 11 is 3.40. The number of anilines is 1. The van der Waals surface area contributed by atoms with Gasteiger partial charge in [0.25, 0.3) is 5.91 Å². The van der Waals surface area contributed by atoms with Gasteiger partial charge in [-0.1, -0.05) is 0 Å². The summed E-state index contributed by atoms with van der Waals surface area (Å²) in [7, 11) is 0. The van der Waals surface area contributed by atoms with Crippen molar-refractivity contribution in [2.45, 2.75) is 13.8 Å². The van der Waals surface area contributed by atoms with E-state index in [4.69, 9.17) is 15.2 Å². The third-order valence-corrected chi connectivity index (χ3v) is 3.62. The van der Waals surface area contributed by atoms with E-state index in [2.05, 4.69) is 15.9 Å². The Morgan fingerprint density at radius 2 is 1.76 bits per heavy atom. The third kappa shape index (κ3) is 6.03. The maximum atomic E-state index is 12.6. The predicted molar refractivity (Wildman–Crippen MR) is 87.4 cm³/mol. The van der Waals surface area contributed by atoms with Crippen LogP contribution in [0.2, 0.25) is 0 Å². The first-order valence-corrected chi connectivity index (χ1v) is 7.89. The van der Waals surface area contributed by atoms with Gasteiger partial charge in [-0.2, -0.15) is 0 Å². The van der Waals surface area contributed by atoms with Crippen LogP contribution in [0.1, 0.15) is 24.2 Å². The molecule has 2 N–H and O–H groups in total. The molecule has 0 atom stereocenters. The van der Waals surface area contributed by atoms with Gasteiger partial charge in [-0.3, -0.25) is 4.79 Å². The van der Waals surface area contributed by atoms with E-state index >= 15 is 0 Å². The molecule has 0 spiro atoms. The molecule has 0 bridgehead atoms. The molecule has 0 fully saturated rings. The molecule has 0 radical (unpaired) electrons. The van der Waals surface area contributed by atoms with E-state index in [1.54, 1.807) is 23.1 Å². The lowest BCUT2D eigenvalue weighted by Crippen LogP contribution is -2.37. The highest BCUT2D eigenvalue weighted by Crippen LogP contribution is 2.21. The van der Waals surface area contributed by atoms with Gasteiger partial charge in [0.15, 0.2) is 0 Å². The number of hydrogen-bond acceptors (Lipinski definition) is 4. The second-order valence-corrected chi connectivity index (χ2v) is 5.28. The number of nitrogen functional groups attached to an aromatic ring is 1. The minimum absolute atomic E-state index is 0.0754. The summed E-state index contributed by atoms with van der Waals surface area (Å²) in [5, 5.41) is 0. The Bertz CT molecular complexity index is 445. The van der Waals surface area contributed by atoms with Crippen LogP contribution >= 0.6 is 15.9 Å². The largest absolute Gasteiger partial charge is 0.399 e. The van der Waals surface area contributed by atoms with Crippen LogP contribution in [0.3, 0.4) is 0 Å². The quantitative estimate of drug-likeness (QED) is 0.544. The first-order chi connectivity index (χ1) is 10.1. The average Bonchev–Trinajstić information content (AvgIpc) is 2.48. The number of nitrogens with two attached hydrogens (primary N) is 1. The molecule has 0 saturated heterocycles. The van der Waals surface area contributed by atoms with Crippen molar-refractivity contribution < 1.29 is 14.3 Å². The summed E-state index contributed by atoms with van der Waals surface area (Å²) in [6.45, 7) is 7.21. The Morgan fingerprint density at radius 3 is 2.29 bits per heavy atom. The molecule has 0 aliphatic carbocycles. The molecule has 1 amide bonds. The number of nitrogens with zero attached hydrogens (tertiary/aromatic N) is 1. The van der Waals surface area contributed by atoms with Crippen molar-refractivity contribution in [3.05, 3.63) is 28.2 Å². The minimum atomic E-state index is -0.0754. The fourth-order valence-electron chi connectivity index (χ4n) is 1.83. The van der Waals surface area contributed by atoms with Gasteiger partial charge in [-0.15, -0.1) is 0 Å². The lowest BCUT2D eigenvalue weighted by Gasteiger charge is -2.23. The highest BCUT2D eigenvalue weighted by Gasteiger charge is 2.18. The molecule has 0 aliphatic heterocycles. The molecule has 0 aliphatic rings. The predicted octanol–water partition coefficient (Wildman–Crippen LogP) is 2.55. The van der Waals surface area contributed by atoms with Crippen molar-refractivity contribution in [2.75, 3.05) is 45.3 Å². The molecule has 21 heavy (non-hydrogen) atoms. The number of ether oxygens (including phenoxy) is 2. The van der Waals surface area contributed by atoms with Crippen molar-refractivity contribution >= 4 is 27.5 Å². The van der Waals surface area contributed by atoms with Gasteiger partial charge in [0.05, 0.1) is 18.8 Å². The molecule has 6 heteroatoms. The zero-order valence-corrected chi connectivity index (χ0v) is 14.2. The SMILES string of the molecule is CCOCCN(CCOCC)C(=O)c1cc(N)ccc1Br. The molecule has 1 aromatic carbocycles. The molecule has 5 nitrogen and oxygen atoms in total. The lowest BCUT2D eigenvalue weighted by molar-refractivity contribution is 0.0549. The number of halogens is 1. The summed E-state index contributed by atoms with van der Waals surface area (Å²) in [5.74, 6) is -0.0754. The van der Waals surface area contributed by atoms with Gasteiger partial charge in [0.1, 0.15) is 0 Å². The van der Waals surface area contributed by atoms with Crippen LogP contribution in [0.15, 0.2) is 22.7 Å². The second-order valence-electron chi connectivity index (χ2n) is 4.43. The molecule has 118 valence electrons. The van der Waals surface area contributed by atoms with Crippen molar-refractivity contribution in [1.82, 2.24) is 4.90 Å². The molecule has 0 saturated carbocycles. The number of hydrogen-bond donors (Lipinski definition) is 1. The molecule has 1 aromatic rings. The van der Waals surface area contributed by atoms with Crippen molar-refractivity contribution in [1.29, 1.82) is 0 Å². The van der Waals surface area contributed by atoms with Gasteiger partial charge in [-0.05, 0) is 48.0 Å². The van der Waals surface area contributed by atoms with E-state index in [0.29, 0.717) is 50.8 Å². The summed E-state index contributed by atoms with van der Waals surface area (Å²) in [6.07, 6.45) is 0. The van der Waals surface area contributed by atoms with Crippen LogP contribution in [-0.4, -0.2) is 50.3 Å². The van der Waals surface area contributed by atoms with Crippen LogP contribution in [0, 0.1) is 0 Å². The summed E-state index contributed by atoms with van der Waals surface area (Å²) < 4.78 is 11.4. The van der Waals surface area contributed by atoms with E-state index < -0.39 is 0 Å². The van der Waals surface area contributed by atoms with Gasteiger partial charge < -0.3 is 20.1 Å². The summed E-state index contributed by atoms with van der Waals surface area (Å²) in [6, 6.07) is 5.22. The van der Waals surface area contributed by atoms with Crippen molar-refractivity contribution in [2.24, 2.45) is 0 Å². The molecule has 0 unspecified atom stereocenters. The average molecular weight is 359 g/mol. The van der Waals surface area contributed by atoms with Crippen molar-refractivity contribution in [3.8, 4) is 0 Å². The normalized spacial score (nSPS) is 10.6. The van der Waals surface area contributed by atoms with E-state index in [0.717, 1.165) is 4.47 Å². The standard InChI is InChI=1S/C15H23BrN2O3/c1-3-20-9-7-18(8-10-21-4-2)15(19)13-11-12(17)5-6-14(13)16/h5-6,11H,3-4,7-10,17H2,1-2H3. The van der Waals surface area contributed by atoms with E-state index in [-0.39, 0.29) is 5.91 Å². The highest BCUT2D eigenvalue weighted by molar-refractivity contribution is 9.10. The number of rotatable bonds is 9. The van der Waals surface area contributed by atoms with E-state index in [9.17, 15) is 4.79 Å². The third-order valence-electron chi connectivity index (χ3n) is 2.93. The van der Waals surface area contributed by atoms with Gasteiger partial charge in [0, 0.05) is 36.5 Å². The molecule has 0 aromatic heterocycles. The summed E-state index contributed by atoms with van der Waals surface area (Å²) in [4.78, 5) is 14.4.